The topological polar surface area (TPSA) is 34.1 Å². The SMILES string of the molecule is O=S1(=O)C(C(Cl)(Cl)Cl)=Cc2ccccc21. The summed E-state index contributed by atoms with van der Waals surface area (Å²) in [7, 11) is -3.64. The Labute approximate surface area is 102 Å². The number of halogens is 3. The van der Waals surface area contributed by atoms with Crippen LogP contribution in [0.3, 0.4) is 0 Å². The second-order valence-electron chi connectivity index (χ2n) is 3.05. The molecule has 80 valence electrons. The molecule has 6 heteroatoms. The van der Waals surface area contributed by atoms with Gasteiger partial charge < -0.3 is 0 Å². The summed E-state index contributed by atoms with van der Waals surface area (Å²) in [6, 6.07) is 6.51. The fraction of sp³-hybridized carbons (Fsp3) is 0.111. The van der Waals surface area contributed by atoms with Crippen molar-refractivity contribution in [3.05, 3.63) is 34.7 Å². The molecule has 1 aliphatic rings. The number of rotatable bonds is 0. The molecule has 2 rings (SSSR count). The van der Waals surface area contributed by atoms with Gasteiger partial charge in [-0.25, -0.2) is 8.42 Å². The molecule has 2 nitrogen and oxygen atoms in total. The average molecular weight is 284 g/mol. The van der Waals surface area contributed by atoms with Gasteiger partial charge in [-0.15, -0.1) is 0 Å². The van der Waals surface area contributed by atoms with Crippen LogP contribution in [0.1, 0.15) is 5.56 Å². The van der Waals surface area contributed by atoms with E-state index in [1.807, 2.05) is 0 Å². The molecule has 0 unspecified atom stereocenters. The van der Waals surface area contributed by atoms with Crippen LogP contribution in [0, 0.1) is 0 Å². The number of sulfone groups is 1. The van der Waals surface area contributed by atoms with Crippen LogP contribution in [-0.4, -0.2) is 12.2 Å². The van der Waals surface area contributed by atoms with E-state index in [0.29, 0.717) is 5.56 Å². The molecule has 1 aromatic carbocycles. The predicted octanol–water partition coefficient (Wildman–Crippen LogP) is 3.19. The van der Waals surface area contributed by atoms with Gasteiger partial charge in [-0.05, 0) is 17.7 Å². The van der Waals surface area contributed by atoms with Gasteiger partial charge in [-0.3, -0.25) is 0 Å². The predicted molar refractivity (Wildman–Crippen MR) is 61.9 cm³/mol. The maximum Gasteiger partial charge on any atom is 0.226 e. The molecule has 0 amide bonds. The lowest BCUT2D eigenvalue weighted by Crippen LogP contribution is -2.14. The lowest BCUT2D eigenvalue weighted by atomic mass is 10.2. The molecule has 0 aromatic heterocycles. The molecular formula is C9H5Cl3O2S. The second-order valence-corrected chi connectivity index (χ2v) is 7.22. The highest BCUT2D eigenvalue weighted by Gasteiger charge is 2.41. The molecule has 1 aromatic rings. The lowest BCUT2D eigenvalue weighted by Gasteiger charge is -2.11. The molecule has 0 radical (unpaired) electrons. The Kier molecular flexibility index (Phi) is 2.54. The van der Waals surface area contributed by atoms with Crippen LogP contribution in [0.2, 0.25) is 0 Å². The van der Waals surface area contributed by atoms with Gasteiger partial charge in [-0.2, -0.15) is 0 Å². The Morgan fingerprint density at radius 2 is 1.67 bits per heavy atom. The average Bonchev–Trinajstić information content (AvgIpc) is 2.39. The highest BCUT2D eigenvalue weighted by molar-refractivity contribution is 7.96. The van der Waals surface area contributed by atoms with Gasteiger partial charge >= 0.3 is 0 Å². The summed E-state index contributed by atoms with van der Waals surface area (Å²) in [6.45, 7) is 0. The Bertz CT molecular complexity index is 541. The summed E-state index contributed by atoms with van der Waals surface area (Å²) in [4.78, 5) is -0.00692. The van der Waals surface area contributed by atoms with Gasteiger partial charge in [0.25, 0.3) is 0 Å². The maximum absolute atomic E-state index is 11.9. The van der Waals surface area contributed by atoms with Crippen LogP contribution in [0.4, 0.5) is 0 Å². The Morgan fingerprint density at radius 3 is 2.20 bits per heavy atom. The largest absolute Gasteiger partial charge is 0.226 e. The van der Waals surface area contributed by atoms with Crippen LogP contribution in [0.25, 0.3) is 6.08 Å². The first-order valence-electron chi connectivity index (χ1n) is 3.96. The summed E-state index contributed by atoms with van der Waals surface area (Å²) in [5.74, 6) is 0. The van der Waals surface area contributed by atoms with E-state index >= 15 is 0 Å². The van der Waals surface area contributed by atoms with Crippen molar-refractivity contribution in [3.8, 4) is 0 Å². The van der Waals surface area contributed by atoms with Gasteiger partial charge in [0.15, 0.2) is 0 Å². The molecule has 0 saturated heterocycles. The van der Waals surface area contributed by atoms with Crippen molar-refractivity contribution in [1.29, 1.82) is 0 Å². The smallest absolute Gasteiger partial charge is 0.219 e. The van der Waals surface area contributed by atoms with E-state index in [1.54, 1.807) is 18.2 Å². The first-order valence-corrected chi connectivity index (χ1v) is 6.58. The van der Waals surface area contributed by atoms with Gasteiger partial charge in [0.2, 0.25) is 13.6 Å². The van der Waals surface area contributed by atoms with Crippen molar-refractivity contribution in [2.24, 2.45) is 0 Å². The Morgan fingerprint density at radius 1 is 1.07 bits per heavy atom. The molecule has 15 heavy (non-hydrogen) atoms. The van der Waals surface area contributed by atoms with Crippen LogP contribution >= 0.6 is 34.8 Å². The van der Waals surface area contributed by atoms with Gasteiger partial charge in [0, 0.05) is 0 Å². The number of benzene rings is 1. The summed E-state index contributed by atoms with van der Waals surface area (Å²) in [5, 5.41) is 0. The zero-order chi connectivity index (χ0) is 11.3. The van der Waals surface area contributed by atoms with Gasteiger partial charge in [0.05, 0.1) is 4.90 Å². The fourth-order valence-corrected chi connectivity index (χ4v) is 4.01. The summed E-state index contributed by atoms with van der Waals surface area (Å²) < 4.78 is 21.9. The third-order valence-corrected chi connectivity index (χ3v) is 4.96. The van der Waals surface area contributed by atoms with Crippen LogP contribution < -0.4 is 0 Å². The van der Waals surface area contributed by atoms with Crippen LogP contribution in [-0.2, 0) is 9.84 Å². The van der Waals surface area contributed by atoms with Gasteiger partial charge in [-0.1, -0.05) is 53.0 Å². The lowest BCUT2D eigenvalue weighted by molar-refractivity contribution is 0.602. The van der Waals surface area contributed by atoms with E-state index < -0.39 is 13.6 Å². The quantitative estimate of drug-likeness (QED) is 0.685. The minimum atomic E-state index is -3.64. The normalized spacial score (nSPS) is 18.5. The standard InChI is InChI=1S/C9H5Cl3O2S/c10-9(11,12)8-5-6-3-1-2-4-7(6)15(8,13)14/h1-5H. The van der Waals surface area contributed by atoms with Crippen LogP contribution in [0.5, 0.6) is 0 Å². The molecule has 0 N–H and O–H groups in total. The van der Waals surface area contributed by atoms with Crippen molar-refractivity contribution in [2.45, 2.75) is 8.69 Å². The van der Waals surface area contributed by atoms with E-state index in [2.05, 4.69) is 0 Å². The zero-order valence-electron chi connectivity index (χ0n) is 7.25. The van der Waals surface area contributed by atoms with Crippen LogP contribution in [0.15, 0.2) is 34.1 Å². The number of alkyl halides is 3. The monoisotopic (exact) mass is 282 g/mol. The molecule has 0 bridgehead atoms. The van der Waals surface area contributed by atoms with E-state index in [-0.39, 0.29) is 9.80 Å². The minimum absolute atomic E-state index is 0.186. The second kappa shape index (κ2) is 3.39. The molecule has 0 fully saturated rings. The highest BCUT2D eigenvalue weighted by atomic mass is 35.6. The number of hydrogen-bond donors (Lipinski definition) is 0. The third-order valence-electron chi connectivity index (χ3n) is 2.06. The molecule has 1 aliphatic heterocycles. The Hall–Kier alpha value is -0.220. The third kappa shape index (κ3) is 1.78. The van der Waals surface area contributed by atoms with E-state index in [9.17, 15) is 8.42 Å². The first-order chi connectivity index (χ1) is 6.83. The molecule has 0 spiro atoms. The number of allylic oxidation sites excluding steroid dienone is 1. The first kappa shape index (κ1) is 11.3. The van der Waals surface area contributed by atoms with E-state index in [1.165, 1.54) is 12.1 Å². The maximum atomic E-state index is 11.9. The molecule has 0 saturated carbocycles. The molecular weight excluding hydrogens is 279 g/mol. The van der Waals surface area contributed by atoms with Crippen molar-refractivity contribution in [3.63, 3.8) is 0 Å². The van der Waals surface area contributed by atoms with E-state index in [4.69, 9.17) is 34.8 Å². The van der Waals surface area contributed by atoms with Crippen molar-refractivity contribution >= 4 is 50.7 Å². The molecule has 1 heterocycles. The summed E-state index contributed by atoms with van der Waals surface area (Å²) >= 11 is 16.8. The van der Waals surface area contributed by atoms with Crippen molar-refractivity contribution in [2.75, 3.05) is 0 Å². The van der Waals surface area contributed by atoms with E-state index in [0.717, 1.165) is 0 Å². The minimum Gasteiger partial charge on any atom is -0.219 e. The van der Waals surface area contributed by atoms with Crippen molar-refractivity contribution in [1.82, 2.24) is 0 Å². The summed E-state index contributed by atoms with van der Waals surface area (Å²) in [5.41, 5.74) is 0.554. The number of fused-ring (bicyclic) bond motifs is 1. The Balaban J connectivity index is 2.70. The molecule has 0 atom stereocenters. The zero-order valence-corrected chi connectivity index (χ0v) is 10.3. The van der Waals surface area contributed by atoms with Gasteiger partial charge in [0.1, 0.15) is 4.91 Å². The van der Waals surface area contributed by atoms with Crippen molar-refractivity contribution < 1.29 is 8.42 Å². The number of hydrogen-bond acceptors (Lipinski definition) is 2. The highest BCUT2D eigenvalue weighted by Crippen LogP contribution is 2.45. The summed E-state index contributed by atoms with van der Waals surface area (Å²) in [6.07, 6.45) is 1.39. The molecule has 0 aliphatic carbocycles. The fourth-order valence-electron chi connectivity index (χ4n) is 1.42.